The molecular formula is C22H24N4O2. The van der Waals surface area contributed by atoms with E-state index in [0.29, 0.717) is 24.7 Å². The van der Waals surface area contributed by atoms with Gasteiger partial charge in [0.25, 0.3) is 0 Å². The molecule has 1 saturated heterocycles. The third-order valence-electron chi connectivity index (χ3n) is 5.20. The summed E-state index contributed by atoms with van der Waals surface area (Å²) in [4.78, 5) is 21.0. The van der Waals surface area contributed by atoms with Crippen LogP contribution < -0.4 is 9.80 Å². The van der Waals surface area contributed by atoms with Crippen molar-refractivity contribution in [3.63, 3.8) is 0 Å². The van der Waals surface area contributed by atoms with Gasteiger partial charge in [0, 0.05) is 44.0 Å². The molecule has 4 rings (SSSR count). The molecule has 1 aromatic heterocycles. The zero-order valence-electron chi connectivity index (χ0n) is 16.6. The molecule has 0 unspecified atom stereocenters. The number of nitrogens with zero attached hydrogens (tertiary/aromatic N) is 4. The quantitative estimate of drug-likeness (QED) is 0.690. The molecule has 0 aliphatic carbocycles. The normalized spacial score (nSPS) is 16.6. The predicted molar refractivity (Wildman–Crippen MR) is 110 cm³/mol. The van der Waals surface area contributed by atoms with Crippen molar-refractivity contribution in [3.8, 4) is 11.4 Å². The molecule has 6 nitrogen and oxygen atoms in total. The van der Waals surface area contributed by atoms with Crippen molar-refractivity contribution in [1.82, 2.24) is 10.1 Å². The molecule has 3 aromatic rings. The zero-order valence-corrected chi connectivity index (χ0v) is 16.6. The molecule has 6 heteroatoms. The number of hydrogen-bond acceptors (Lipinski definition) is 5. The zero-order chi connectivity index (χ0) is 19.8. The number of aromatic nitrogens is 2. The van der Waals surface area contributed by atoms with Crippen molar-refractivity contribution in [3.05, 3.63) is 59.5 Å². The summed E-state index contributed by atoms with van der Waals surface area (Å²) >= 11 is 0. The Hall–Kier alpha value is -3.15. The molecule has 144 valence electrons. The molecular weight excluding hydrogens is 352 g/mol. The summed E-state index contributed by atoms with van der Waals surface area (Å²) in [7, 11) is 4.00. The maximum absolute atomic E-state index is 12.6. The molecule has 0 bridgehead atoms. The lowest BCUT2D eigenvalue weighted by Gasteiger charge is -2.19. The van der Waals surface area contributed by atoms with Crippen molar-refractivity contribution in [2.75, 3.05) is 30.4 Å². The monoisotopic (exact) mass is 376 g/mol. The van der Waals surface area contributed by atoms with Crippen molar-refractivity contribution < 1.29 is 9.32 Å². The van der Waals surface area contributed by atoms with E-state index in [-0.39, 0.29) is 11.8 Å². The van der Waals surface area contributed by atoms with Gasteiger partial charge in [-0.15, -0.1) is 0 Å². The van der Waals surface area contributed by atoms with Gasteiger partial charge in [-0.05, 0) is 49.7 Å². The molecule has 0 saturated carbocycles. The van der Waals surface area contributed by atoms with Gasteiger partial charge in [-0.2, -0.15) is 4.98 Å². The first-order chi connectivity index (χ1) is 13.4. The highest BCUT2D eigenvalue weighted by Gasteiger charge is 2.35. The third kappa shape index (κ3) is 3.38. The van der Waals surface area contributed by atoms with Crippen molar-refractivity contribution in [1.29, 1.82) is 0 Å². The highest BCUT2D eigenvalue weighted by Crippen LogP contribution is 2.33. The lowest BCUT2D eigenvalue weighted by Crippen LogP contribution is -2.25. The Morgan fingerprint density at radius 2 is 1.86 bits per heavy atom. The molecule has 1 fully saturated rings. The van der Waals surface area contributed by atoms with E-state index < -0.39 is 0 Å². The molecule has 0 spiro atoms. The molecule has 0 radical (unpaired) electrons. The van der Waals surface area contributed by atoms with E-state index in [4.69, 9.17) is 4.52 Å². The van der Waals surface area contributed by atoms with Crippen LogP contribution in [0.3, 0.4) is 0 Å². The Kier molecular flexibility index (Phi) is 4.63. The summed E-state index contributed by atoms with van der Waals surface area (Å²) in [5, 5.41) is 4.13. The third-order valence-corrected chi connectivity index (χ3v) is 5.20. The average Bonchev–Trinajstić information content (AvgIpc) is 3.29. The number of amides is 1. The smallest absolute Gasteiger partial charge is 0.232 e. The molecule has 2 heterocycles. The number of carbonyl (C=O) groups excluding carboxylic acids is 1. The summed E-state index contributed by atoms with van der Waals surface area (Å²) in [6.07, 6.45) is 0.383. The first-order valence-corrected chi connectivity index (χ1v) is 9.41. The molecule has 1 atom stereocenters. The van der Waals surface area contributed by atoms with Gasteiger partial charge in [0.05, 0.1) is 5.92 Å². The Labute approximate surface area is 164 Å². The van der Waals surface area contributed by atoms with E-state index in [1.54, 1.807) is 0 Å². The van der Waals surface area contributed by atoms with Gasteiger partial charge in [0.1, 0.15) is 0 Å². The lowest BCUT2D eigenvalue weighted by molar-refractivity contribution is -0.117. The van der Waals surface area contributed by atoms with Crippen LogP contribution in [0.15, 0.2) is 47.0 Å². The van der Waals surface area contributed by atoms with Gasteiger partial charge < -0.3 is 14.3 Å². The minimum atomic E-state index is -0.0875. The summed E-state index contributed by atoms with van der Waals surface area (Å²) < 4.78 is 5.51. The summed E-state index contributed by atoms with van der Waals surface area (Å²) in [5.41, 5.74) is 5.25. The molecule has 2 aromatic carbocycles. The van der Waals surface area contributed by atoms with E-state index in [1.807, 2.05) is 67.2 Å². The maximum atomic E-state index is 12.6. The second-order valence-corrected chi connectivity index (χ2v) is 7.59. The van der Waals surface area contributed by atoms with Crippen LogP contribution in [0.4, 0.5) is 11.4 Å². The number of carbonyl (C=O) groups is 1. The second-order valence-electron chi connectivity index (χ2n) is 7.59. The van der Waals surface area contributed by atoms with Crippen molar-refractivity contribution >= 4 is 17.3 Å². The van der Waals surface area contributed by atoms with Crippen molar-refractivity contribution in [2.45, 2.75) is 26.2 Å². The fourth-order valence-electron chi connectivity index (χ4n) is 3.64. The number of aryl methyl sites for hydroxylation is 2. The highest BCUT2D eigenvalue weighted by molar-refractivity contribution is 5.97. The fraction of sp³-hybridized carbons (Fsp3) is 0.318. The molecule has 1 aliphatic heterocycles. The van der Waals surface area contributed by atoms with E-state index in [0.717, 1.165) is 22.5 Å². The first-order valence-electron chi connectivity index (χ1n) is 9.41. The maximum Gasteiger partial charge on any atom is 0.232 e. The van der Waals surface area contributed by atoms with Gasteiger partial charge in [-0.3, -0.25) is 4.79 Å². The summed E-state index contributed by atoms with van der Waals surface area (Å²) in [5.74, 6) is 1.08. The van der Waals surface area contributed by atoms with Crippen LogP contribution in [0.2, 0.25) is 0 Å². The number of benzene rings is 2. The summed E-state index contributed by atoms with van der Waals surface area (Å²) in [6.45, 7) is 4.64. The van der Waals surface area contributed by atoms with Crippen molar-refractivity contribution in [2.24, 2.45) is 0 Å². The Balaban J connectivity index is 1.54. The van der Waals surface area contributed by atoms with E-state index in [9.17, 15) is 4.79 Å². The lowest BCUT2D eigenvalue weighted by atomic mass is 10.1. The minimum absolute atomic E-state index is 0.0875. The van der Waals surface area contributed by atoms with Crippen LogP contribution in [0.5, 0.6) is 0 Å². The highest BCUT2D eigenvalue weighted by atomic mass is 16.5. The second kappa shape index (κ2) is 7.11. The van der Waals surface area contributed by atoms with Crippen LogP contribution in [0.1, 0.15) is 29.4 Å². The van der Waals surface area contributed by atoms with Gasteiger partial charge in [0.2, 0.25) is 17.6 Å². The fourth-order valence-corrected chi connectivity index (χ4v) is 3.64. The Morgan fingerprint density at radius 1 is 1.11 bits per heavy atom. The van der Waals surface area contributed by atoms with Gasteiger partial charge in [-0.1, -0.05) is 22.9 Å². The topological polar surface area (TPSA) is 62.5 Å². The SMILES string of the molecule is Cc1ccc(N2C[C@H](c3nc(-c4ccc(N(C)C)cc4)no3)CC2=O)c(C)c1. The van der Waals surface area contributed by atoms with Gasteiger partial charge in [-0.25, -0.2) is 0 Å². The molecule has 28 heavy (non-hydrogen) atoms. The summed E-state index contributed by atoms with van der Waals surface area (Å²) in [6, 6.07) is 14.1. The number of hydrogen-bond donors (Lipinski definition) is 0. The van der Waals surface area contributed by atoms with Crippen LogP contribution >= 0.6 is 0 Å². The van der Waals surface area contributed by atoms with Crippen LogP contribution in [0.25, 0.3) is 11.4 Å². The Bertz CT molecular complexity index is 1010. The van der Waals surface area contributed by atoms with Gasteiger partial charge >= 0.3 is 0 Å². The molecule has 0 N–H and O–H groups in total. The Morgan fingerprint density at radius 3 is 2.54 bits per heavy atom. The van der Waals surface area contributed by atoms with Crippen LogP contribution in [0, 0.1) is 13.8 Å². The predicted octanol–water partition coefficient (Wildman–Crippen LogP) is 3.94. The largest absolute Gasteiger partial charge is 0.378 e. The molecule has 1 amide bonds. The van der Waals surface area contributed by atoms with E-state index in [1.165, 1.54) is 5.56 Å². The minimum Gasteiger partial charge on any atom is -0.378 e. The average molecular weight is 376 g/mol. The standard InChI is InChI=1S/C22H24N4O2/c1-14-5-10-19(15(2)11-14)26-13-17(12-20(26)27)22-23-21(24-28-22)16-6-8-18(9-7-16)25(3)4/h5-11,17H,12-13H2,1-4H3/t17-/m1/s1. The van der Waals surface area contributed by atoms with E-state index >= 15 is 0 Å². The first kappa shape index (κ1) is 18.2. The number of anilines is 2. The van der Waals surface area contributed by atoms with Crippen LogP contribution in [-0.2, 0) is 4.79 Å². The molecule has 1 aliphatic rings. The van der Waals surface area contributed by atoms with Crippen LogP contribution in [-0.4, -0.2) is 36.7 Å². The van der Waals surface area contributed by atoms with E-state index in [2.05, 4.69) is 23.1 Å². The van der Waals surface area contributed by atoms with Gasteiger partial charge in [0.15, 0.2) is 0 Å². The number of rotatable bonds is 4.